The molecule has 2 saturated heterocycles. The molecule has 5 nitrogen and oxygen atoms in total. The molecule has 3 aromatic rings. The summed E-state index contributed by atoms with van der Waals surface area (Å²) in [6.45, 7) is 5.77. The molecule has 2 aliphatic rings. The van der Waals surface area contributed by atoms with Crippen LogP contribution in [0.2, 0.25) is 0 Å². The van der Waals surface area contributed by atoms with E-state index < -0.39 is 0 Å². The largest absolute Gasteiger partial charge is 0.356 e. The van der Waals surface area contributed by atoms with Crippen molar-refractivity contribution in [3.05, 3.63) is 42.0 Å². The zero-order valence-electron chi connectivity index (χ0n) is 17.8. The van der Waals surface area contributed by atoms with E-state index >= 15 is 0 Å². The third-order valence-corrected chi connectivity index (χ3v) is 7.65. The van der Waals surface area contributed by atoms with E-state index in [-0.39, 0.29) is 0 Å². The molecule has 0 bridgehead atoms. The van der Waals surface area contributed by atoms with Crippen LogP contribution in [0.5, 0.6) is 0 Å². The Morgan fingerprint density at radius 1 is 1.00 bits per heavy atom. The summed E-state index contributed by atoms with van der Waals surface area (Å²) in [5.41, 5.74) is 2.51. The molecule has 2 aliphatic heterocycles. The minimum atomic E-state index is 0.708. The second-order valence-corrected chi connectivity index (χ2v) is 9.67. The number of hydrogen-bond donors (Lipinski definition) is 1. The average Bonchev–Trinajstić information content (AvgIpc) is 3.24. The van der Waals surface area contributed by atoms with Crippen molar-refractivity contribution in [2.24, 2.45) is 5.92 Å². The number of anilines is 1. The van der Waals surface area contributed by atoms with Crippen LogP contribution in [0.25, 0.3) is 21.3 Å². The molecule has 2 fully saturated rings. The highest BCUT2D eigenvalue weighted by Crippen LogP contribution is 2.38. The highest BCUT2D eigenvalue weighted by molar-refractivity contribution is 7.17. The molecule has 0 atom stereocenters. The first-order valence-electron chi connectivity index (χ1n) is 11.2. The Labute approximate surface area is 183 Å². The lowest BCUT2D eigenvalue weighted by Gasteiger charge is -2.35. The summed E-state index contributed by atoms with van der Waals surface area (Å²) in [5.74, 6) is 1.89. The van der Waals surface area contributed by atoms with Crippen molar-refractivity contribution in [3.63, 3.8) is 0 Å². The van der Waals surface area contributed by atoms with E-state index in [9.17, 15) is 0 Å². The van der Waals surface area contributed by atoms with Crippen LogP contribution < -0.4 is 10.2 Å². The van der Waals surface area contributed by atoms with Gasteiger partial charge in [-0.05, 0) is 63.8 Å². The van der Waals surface area contributed by atoms with Crippen LogP contribution in [0.1, 0.15) is 25.7 Å². The van der Waals surface area contributed by atoms with Crippen molar-refractivity contribution in [1.29, 1.82) is 0 Å². The fraction of sp³-hybridized carbons (Fsp3) is 0.500. The average molecular weight is 422 g/mol. The van der Waals surface area contributed by atoms with Gasteiger partial charge in [-0.15, -0.1) is 11.3 Å². The van der Waals surface area contributed by atoms with Crippen molar-refractivity contribution in [1.82, 2.24) is 20.2 Å². The summed E-state index contributed by atoms with van der Waals surface area (Å²) < 4.78 is 0. The lowest BCUT2D eigenvalue weighted by molar-refractivity contribution is 0.226. The summed E-state index contributed by atoms with van der Waals surface area (Å²) in [6.07, 6.45) is 6.77. The van der Waals surface area contributed by atoms with Crippen molar-refractivity contribution in [2.75, 3.05) is 44.7 Å². The van der Waals surface area contributed by atoms with E-state index in [1.807, 2.05) is 0 Å². The van der Waals surface area contributed by atoms with Gasteiger partial charge in [-0.2, -0.15) is 0 Å². The molecule has 5 rings (SSSR count). The summed E-state index contributed by atoms with van der Waals surface area (Å²) in [7, 11) is 2.23. The SMILES string of the molecule is CN1CCC(NCC2CCN(c3ncnc4scc(-c5ccccc5)c34)CC2)CC1. The number of aromatic nitrogens is 2. The summed E-state index contributed by atoms with van der Waals surface area (Å²) in [4.78, 5) is 15.3. The second-order valence-electron chi connectivity index (χ2n) is 8.81. The molecular formula is C24H31N5S. The standard InChI is InChI=1S/C24H31N5S/c1-28-11-9-20(10-12-28)25-15-18-7-13-29(14-8-18)23-22-21(19-5-3-2-4-6-19)16-30-24(22)27-17-26-23/h2-6,16-18,20,25H,7-15H2,1H3. The van der Waals surface area contributed by atoms with Crippen LogP contribution in [0, 0.1) is 5.92 Å². The zero-order valence-corrected chi connectivity index (χ0v) is 18.6. The van der Waals surface area contributed by atoms with E-state index in [4.69, 9.17) is 4.98 Å². The molecule has 6 heteroatoms. The van der Waals surface area contributed by atoms with Gasteiger partial charge in [0.15, 0.2) is 0 Å². The van der Waals surface area contributed by atoms with Gasteiger partial charge in [-0.25, -0.2) is 9.97 Å². The monoisotopic (exact) mass is 421 g/mol. The fourth-order valence-electron chi connectivity index (χ4n) is 4.82. The topological polar surface area (TPSA) is 44.3 Å². The number of nitrogens with one attached hydrogen (secondary N) is 1. The maximum absolute atomic E-state index is 4.74. The van der Waals surface area contributed by atoms with Crippen LogP contribution >= 0.6 is 11.3 Å². The summed E-state index contributed by atoms with van der Waals surface area (Å²) in [6, 6.07) is 11.3. The van der Waals surface area contributed by atoms with Crippen molar-refractivity contribution in [3.8, 4) is 11.1 Å². The first-order chi connectivity index (χ1) is 14.8. The van der Waals surface area contributed by atoms with Gasteiger partial charge in [0.1, 0.15) is 17.0 Å². The van der Waals surface area contributed by atoms with Gasteiger partial charge in [-0.1, -0.05) is 30.3 Å². The van der Waals surface area contributed by atoms with Crippen molar-refractivity contribution in [2.45, 2.75) is 31.7 Å². The van der Waals surface area contributed by atoms with Crippen LogP contribution in [-0.2, 0) is 0 Å². The Bertz CT molecular complexity index is 956. The number of rotatable bonds is 5. The summed E-state index contributed by atoms with van der Waals surface area (Å²) >= 11 is 1.72. The second kappa shape index (κ2) is 9.00. The molecule has 30 heavy (non-hydrogen) atoms. The molecule has 0 saturated carbocycles. The first kappa shape index (κ1) is 19.9. The maximum atomic E-state index is 4.74. The Balaban J connectivity index is 1.26. The van der Waals surface area contributed by atoms with Gasteiger partial charge < -0.3 is 15.1 Å². The van der Waals surface area contributed by atoms with E-state index in [0.29, 0.717) is 6.04 Å². The van der Waals surface area contributed by atoms with E-state index in [0.717, 1.165) is 36.2 Å². The van der Waals surface area contributed by atoms with E-state index in [1.165, 1.54) is 55.3 Å². The predicted octanol–water partition coefficient (Wildman–Crippen LogP) is 4.26. The third-order valence-electron chi connectivity index (χ3n) is 6.76. The van der Waals surface area contributed by atoms with Crippen LogP contribution in [0.4, 0.5) is 5.82 Å². The predicted molar refractivity (Wildman–Crippen MR) is 126 cm³/mol. The molecule has 4 heterocycles. The lowest BCUT2D eigenvalue weighted by Crippen LogP contribution is -2.44. The first-order valence-corrected chi connectivity index (χ1v) is 12.1. The number of hydrogen-bond acceptors (Lipinski definition) is 6. The van der Waals surface area contributed by atoms with Gasteiger partial charge in [0, 0.05) is 30.1 Å². The fourth-order valence-corrected chi connectivity index (χ4v) is 5.73. The zero-order chi connectivity index (χ0) is 20.3. The van der Waals surface area contributed by atoms with Gasteiger partial charge in [0.25, 0.3) is 0 Å². The van der Waals surface area contributed by atoms with Crippen molar-refractivity contribution < 1.29 is 0 Å². The van der Waals surface area contributed by atoms with Gasteiger partial charge >= 0.3 is 0 Å². The van der Waals surface area contributed by atoms with Crippen molar-refractivity contribution >= 4 is 27.4 Å². The van der Waals surface area contributed by atoms with Gasteiger partial charge in [0.05, 0.1) is 5.39 Å². The summed E-state index contributed by atoms with van der Waals surface area (Å²) in [5, 5.41) is 7.31. The van der Waals surface area contributed by atoms with Gasteiger partial charge in [0.2, 0.25) is 0 Å². The Morgan fingerprint density at radius 3 is 2.53 bits per heavy atom. The number of likely N-dealkylation sites (tertiary alicyclic amines) is 1. The number of nitrogens with zero attached hydrogens (tertiary/aromatic N) is 4. The minimum Gasteiger partial charge on any atom is -0.356 e. The quantitative estimate of drug-likeness (QED) is 0.667. The Morgan fingerprint density at radius 2 is 1.77 bits per heavy atom. The number of fused-ring (bicyclic) bond motifs is 1. The maximum Gasteiger partial charge on any atom is 0.141 e. The van der Waals surface area contributed by atoms with Gasteiger partial charge in [-0.3, -0.25) is 0 Å². The molecule has 0 radical (unpaired) electrons. The van der Waals surface area contributed by atoms with E-state index in [1.54, 1.807) is 17.7 Å². The number of benzene rings is 1. The number of piperidine rings is 2. The number of thiophene rings is 1. The highest BCUT2D eigenvalue weighted by atomic mass is 32.1. The van der Waals surface area contributed by atoms with Crippen LogP contribution in [0.15, 0.2) is 42.0 Å². The molecule has 0 aliphatic carbocycles. The molecule has 158 valence electrons. The molecular weight excluding hydrogens is 390 g/mol. The van der Waals surface area contributed by atoms with E-state index in [2.05, 4.69) is 62.9 Å². The minimum absolute atomic E-state index is 0.708. The highest BCUT2D eigenvalue weighted by Gasteiger charge is 2.25. The Kier molecular flexibility index (Phi) is 5.97. The molecule has 0 spiro atoms. The molecule has 1 aromatic carbocycles. The molecule has 2 aromatic heterocycles. The third kappa shape index (κ3) is 4.22. The van der Waals surface area contributed by atoms with Crippen LogP contribution in [0.3, 0.4) is 0 Å². The molecule has 0 amide bonds. The Hall–Kier alpha value is -2.02. The van der Waals surface area contributed by atoms with Crippen LogP contribution in [-0.4, -0.2) is 60.7 Å². The molecule has 0 unspecified atom stereocenters. The smallest absolute Gasteiger partial charge is 0.141 e. The molecule has 1 N–H and O–H groups in total. The lowest BCUT2D eigenvalue weighted by atomic mass is 9.95. The normalized spacial score (nSPS) is 19.6.